The molecule has 0 unspecified atom stereocenters. The molecule has 0 saturated heterocycles. The van der Waals surface area contributed by atoms with Crippen LogP contribution < -0.4 is 5.32 Å². The van der Waals surface area contributed by atoms with Crippen molar-refractivity contribution in [1.29, 1.82) is 0 Å². The molecule has 0 aliphatic carbocycles. The Labute approximate surface area is 156 Å². The van der Waals surface area contributed by atoms with Gasteiger partial charge in [-0.2, -0.15) is 0 Å². The highest BCUT2D eigenvalue weighted by molar-refractivity contribution is 9.09. The van der Waals surface area contributed by atoms with Crippen LogP contribution in [0.2, 0.25) is 0 Å². The molecule has 0 spiro atoms. The number of carboxylic acids is 1. The Morgan fingerprint density at radius 2 is 1.88 bits per heavy atom. The predicted octanol–water partition coefficient (Wildman–Crippen LogP) is 0.851. The molecule has 10 heteroatoms. The van der Waals surface area contributed by atoms with Crippen LogP contribution in [0.25, 0.3) is 0 Å². The first-order valence-electron chi connectivity index (χ1n) is 7.70. The van der Waals surface area contributed by atoms with E-state index < -0.39 is 36.2 Å². The van der Waals surface area contributed by atoms with Crippen molar-refractivity contribution < 1.29 is 33.7 Å². The van der Waals surface area contributed by atoms with E-state index in [0.717, 1.165) is 4.90 Å². The van der Waals surface area contributed by atoms with Crippen molar-refractivity contribution in [3.63, 3.8) is 0 Å². The van der Waals surface area contributed by atoms with E-state index >= 15 is 0 Å². The second-order valence-electron chi connectivity index (χ2n) is 6.21. The molecular formula is C15H27BrN2O7. The van der Waals surface area contributed by atoms with Crippen molar-refractivity contribution in [3.05, 3.63) is 0 Å². The molecule has 0 fully saturated rings. The van der Waals surface area contributed by atoms with Gasteiger partial charge in [0.25, 0.3) is 0 Å². The van der Waals surface area contributed by atoms with E-state index in [4.69, 9.17) is 19.3 Å². The molecular weight excluding hydrogens is 400 g/mol. The van der Waals surface area contributed by atoms with Crippen molar-refractivity contribution in [2.75, 3.05) is 45.4 Å². The van der Waals surface area contributed by atoms with E-state index in [-0.39, 0.29) is 18.5 Å². The number of halogens is 1. The van der Waals surface area contributed by atoms with Gasteiger partial charge in [0, 0.05) is 13.7 Å². The van der Waals surface area contributed by atoms with Crippen LogP contribution >= 0.6 is 15.9 Å². The molecule has 0 aromatic rings. The van der Waals surface area contributed by atoms with Crippen LogP contribution in [0.3, 0.4) is 0 Å². The monoisotopic (exact) mass is 426 g/mol. The average Bonchev–Trinajstić information content (AvgIpc) is 2.47. The lowest BCUT2D eigenvalue weighted by atomic mass is 10.2. The number of nitrogens with zero attached hydrogens (tertiary/aromatic N) is 1. The molecule has 0 aliphatic rings. The van der Waals surface area contributed by atoms with Crippen molar-refractivity contribution in [2.24, 2.45) is 0 Å². The number of rotatable bonds is 11. The van der Waals surface area contributed by atoms with Gasteiger partial charge in [-0.3, -0.25) is 9.59 Å². The number of carbonyl (C=O) groups excluding carboxylic acids is 2. The summed E-state index contributed by atoms with van der Waals surface area (Å²) < 4.78 is 15.5. The van der Waals surface area contributed by atoms with Crippen molar-refractivity contribution in [3.8, 4) is 0 Å². The predicted molar refractivity (Wildman–Crippen MR) is 93.9 cm³/mol. The lowest BCUT2D eigenvalue weighted by Gasteiger charge is -2.28. The van der Waals surface area contributed by atoms with E-state index in [2.05, 4.69) is 21.2 Å². The first-order valence-corrected chi connectivity index (χ1v) is 8.83. The highest BCUT2D eigenvalue weighted by atomic mass is 79.9. The summed E-state index contributed by atoms with van der Waals surface area (Å²) in [5.41, 5.74) is -0.683. The van der Waals surface area contributed by atoms with Crippen LogP contribution in [-0.2, 0) is 23.8 Å². The smallest absolute Gasteiger partial charge is 0.408 e. The van der Waals surface area contributed by atoms with Gasteiger partial charge < -0.3 is 29.5 Å². The summed E-state index contributed by atoms with van der Waals surface area (Å²) in [4.78, 5) is 35.9. The number of hydrogen-bond donors (Lipinski definition) is 2. The molecule has 2 amide bonds. The number of hydrogen-bond acceptors (Lipinski definition) is 6. The van der Waals surface area contributed by atoms with Crippen LogP contribution in [0.5, 0.6) is 0 Å². The molecule has 0 aromatic heterocycles. The Kier molecular flexibility index (Phi) is 11.4. The zero-order chi connectivity index (χ0) is 19.5. The number of carboxylic acid groups (broad SMARTS) is 1. The molecule has 0 aromatic carbocycles. The Hall–Kier alpha value is -1.39. The van der Waals surface area contributed by atoms with E-state index in [0.29, 0.717) is 13.2 Å². The quantitative estimate of drug-likeness (QED) is 0.371. The molecule has 0 aliphatic heterocycles. The van der Waals surface area contributed by atoms with Crippen molar-refractivity contribution in [2.45, 2.75) is 32.4 Å². The molecule has 0 bridgehead atoms. The number of ether oxygens (including phenoxy) is 3. The summed E-state index contributed by atoms with van der Waals surface area (Å²) >= 11 is 3.02. The number of alkyl halides is 1. The first-order chi connectivity index (χ1) is 11.6. The minimum Gasteiger partial charge on any atom is -0.480 e. The fraction of sp³-hybridized carbons (Fsp3) is 0.800. The highest BCUT2D eigenvalue weighted by Crippen LogP contribution is 2.07. The highest BCUT2D eigenvalue weighted by Gasteiger charge is 2.24. The zero-order valence-corrected chi connectivity index (χ0v) is 16.6. The largest absolute Gasteiger partial charge is 0.480 e. The van der Waals surface area contributed by atoms with E-state index in [9.17, 15) is 14.4 Å². The molecule has 146 valence electrons. The van der Waals surface area contributed by atoms with Gasteiger partial charge in [-0.05, 0) is 20.8 Å². The molecule has 9 nitrogen and oxygen atoms in total. The Bertz CT molecular complexity index is 440. The second-order valence-corrected chi connectivity index (χ2v) is 6.77. The van der Waals surface area contributed by atoms with Gasteiger partial charge in [0.15, 0.2) is 0 Å². The Morgan fingerprint density at radius 3 is 2.36 bits per heavy atom. The van der Waals surface area contributed by atoms with Gasteiger partial charge in [0.05, 0.1) is 31.2 Å². The van der Waals surface area contributed by atoms with E-state index in [1.54, 1.807) is 20.8 Å². The lowest BCUT2D eigenvalue weighted by Crippen LogP contribution is -2.50. The molecule has 2 N–H and O–H groups in total. The van der Waals surface area contributed by atoms with E-state index in [1.165, 1.54) is 7.11 Å². The standard InChI is InChI=1S/C15H27BrN2O7/c1-15(2,3)25-14(22)17-11(10-24-6-5-23-4)8-18(9-13(20)21)12(19)7-16/h11H,5-10H2,1-4H3,(H,17,22)(H,20,21)/t11-/m1/s1. The van der Waals surface area contributed by atoms with Crippen LogP contribution in [0, 0.1) is 0 Å². The maximum Gasteiger partial charge on any atom is 0.408 e. The summed E-state index contributed by atoms with van der Waals surface area (Å²) in [6.07, 6.45) is -0.672. The number of amides is 2. The van der Waals surface area contributed by atoms with E-state index in [1.807, 2.05) is 0 Å². The number of methoxy groups -OCH3 is 1. The molecule has 0 radical (unpaired) electrons. The third kappa shape index (κ3) is 12.6. The van der Waals surface area contributed by atoms with Gasteiger partial charge in [-0.25, -0.2) is 4.79 Å². The molecule has 1 atom stereocenters. The SMILES string of the molecule is COCCOC[C@@H](CN(CC(=O)O)C(=O)CBr)NC(=O)OC(C)(C)C. The van der Waals surface area contributed by atoms with Gasteiger partial charge in [0.2, 0.25) is 5.91 Å². The van der Waals surface area contributed by atoms with Gasteiger partial charge >= 0.3 is 12.1 Å². The second kappa shape index (κ2) is 12.0. The summed E-state index contributed by atoms with van der Waals surface area (Å²) in [5.74, 6) is -1.55. The Morgan fingerprint density at radius 1 is 1.24 bits per heavy atom. The number of alkyl carbamates (subject to hydrolysis) is 1. The Balaban J connectivity index is 4.90. The zero-order valence-electron chi connectivity index (χ0n) is 15.0. The number of aliphatic carboxylic acids is 1. The van der Waals surface area contributed by atoms with Crippen LogP contribution in [0.1, 0.15) is 20.8 Å². The maximum absolute atomic E-state index is 12.0. The van der Waals surface area contributed by atoms with Gasteiger partial charge in [-0.1, -0.05) is 15.9 Å². The van der Waals surface area contributed by atoms with Crippen LogP contribution in [0.15, 0.2) is 0 Å². The normalized spacial score (nSPS) is 12.4. The van der Waals surface area contributed by atoms with Crippen LogP contribution in [-0.4, -0.2) is 85.0 Å². The summed E-state index contributed by atoms with van der Waals surface area (Å²) in [6, 6.07) is -0.631. The molecule has 0 saturated carbocycles. The minimum absolute atomic E-state index is 0.0238. The topological polar surface area (TPSA) is 114 Å². The molecule has 25 heavy (non-hydrogen) atoms. The van der Waals surface area contributed by atoms with Crippen LogP contribution in [0.4, 0.5) is 4.79 Å². The van der Waals surface area contributed by atoms with Crippen molar-refractivity contribution >= 4 is 33.9 Å². The molecule has 0 heterocycles. The summed E-state index contributed by atoms with van der Waals surface area (Å²) in [5, 5.41) is 11.5. The summed E-state index contributed by atoms with van der Waals surface area (Å²) in [6.45, 7) is 5.42. The first kappa shape index (κ1) is 23.6. The summed E-state index contributed by atoms with van der Waals surface area (Å²) in [7, 11) is 1.53. The molecule has 0 rings (SSSR count). The maximum atomic E-state index is 12.0. The van der Waals surface area contributed by atoms with Crippen molar-refractivity contribution in [1.82, 2.24) is 10.2 Å². The number of carbonyl (C=O) groups is 3. The van der Waals surface area contributed by atoms with Gasteiger partial charge in [0.1, 0.15) is 12.1 Å². The fourth-order valence-corrected chi connectivity index (χ4v) is 2.11. The third-order valence-corrected chi connectivity index (χ3v) is 3.19. The van der Waals surface area contributed by atoms with Gasteiger partial charge in [-0.15, -0.1) is 0 Å². The average molecular weight is 427 g/mol. The lowest BCUT2D eigenvalue weighted by molar-refractivity contribution is -0.143. The third-order valence-electron chi connectivity index (χ3n) is 2.71. The fourth-order valence-electron chi connectivity index (χ4n) is 1.75. The number of nitrogens with one attached hydrogen (secondary N) is 1. The minimum atomic E-state index is -1.15.